The average Bonchev–Trinajstić information content (AvgIpc) is 3.14. The van der Waals surface area contributed by atoms with E-state index in [4.69, 9.17) is 0 Å². The largest absolute Gasteiger partial charge is 0.393 e. The number of aliphatic hydroxyl groups is 3. The van der Waals surface area contributed by atoms with Gasteiger partial charge in [-0.05, 0) is 123 Å². The van der Waals surface area contributed by atoms with Crippen molar-refractivity contribution in [1.29, 1.82) is 0 Å². The Balaban J connectivity index is 1.34. The second-order valence-corrected chi connectivity index (χ2v) is 12.8. The summed E-state index contributed by atoms with van der Waals surface area (Å²) in [6, 6.07) is 6.26. The Morgan fingerprint density at radius 1 is 0.970 bits per heavy atom. The third-order valence-corrected chi connectivity index (χ3v) is 11.4. The van der Waals surface area contributed by atoms with E-state index in [0.717, 1.165) is 50.0 Å². The molecular formula is C29H43FO3. The van der Waals surface area contributed by atoms with E-state index in [9.17, 15) is 19.7 Å². The molecule has 0 unspecified atom stereocenters. The van der Waals surface area contributed by atoms with E-state index < -0.39 is 11.7 Å². The van der Waals surface area contributed by atoms with Crippen LogP contribution in [-0.2, 0) is 6.42 Å². The van der Waals surface area contributed by atoms with E-state index >= 15 is 0 Å². The molecule has 4 fully saturated rings. The summed E-state index contributed by atoms with van der Waals surface area (Å²) in [6.07, 6.45) is 9.38. The molecule has 33 heavy (non-hydrogen) atoms. The predicted octanol–water partition coefficient (Wildman–Crippen LogP) is 5.50. The van der Waals surface area contributed by atoms with Crippen LogP contribution in [0, 0.1) is 46.2 Å². The van der Waals surface area contributed by atoms with Crippen molar-refractivity contribution < 1.29 is 19.7 Å². The molecule has 4 aliphatic rings. The molecule has 0 radical (unpaired) electrons. The molecule has 3 nitrogen and oxygen atoms in total. The smallest absolute Gasteiger partial charge is 0.123 e. The van der Waals surface area contributed by atoms with Gasteiger partial charge < -0.3 is 15.3 Å². The lowest BCUT2D eigenvalue weighted by atomic mass is 9.44. The number of hydrogen-bond donors (Lipinski definition) is 3. The molecule has 0 bridgehead atoms. The van der Waals surface area contributed by atoms with Gasteiger partial charge in [0.05, 0.1) is 17.8 Å². The molecule has 0 spiro atoms. The molecule has 0 aromatic heterocycles. The maximum Gasteiger partial charge on any atom is 0.123 e. The molecule has 4 heteroatoms. The van der Waals surface area contributed by atoms with Gasteiger partial charge in [0.25, 0.3) is 0 Å². The summed E-state index contributed by atoms with van der Waals surface area (Å²) < 4.78 is 13.3. The Hall–Kier alpha value is -0.970. The topological polar surface area (TPSA) is 60.7 Å². The van der Waals surface area contributed by atoms with Gasteiger partial charge in [0, 0.05) is 6.42 Å². The van der Waals surface area contributed by atoms with Gasteiger partial charge >= 0.3 is 0 Å². The first kappa shape index (κ1) is 23.8. The number of rotatable bonds is 4. The second kappa shape index (κ2) is 8.31. The van der Waals surface area contributed by atoms with E-state index in [1.54, 1.807) is 12.1 Å². The molecule has 1 aromatic carbocycles. The quantitative estimate of drug-likeness (QED) is 0.558. The molecule has 1 aromatic rings. The van der Waals surface area contributed by atoms with E-state index in [-0.39, 0.29) is 23.3 Å². The minimum Gasteiger partial charge on any atom is -0.393 e. The van der Waals surface area contributed by atoms with Gasteiger partial charge in [-0.25, -0.2) is 4.39 Å². The molecule has 5 rings (SSSR count). The minimum atomic E-state index is -1.17. The number of fused-ring (bicyclic) bond motifs is 5. The van der Waals surface area contributed by atoms with Gasteiger partial charge in [-0.1, -0.05) is 26.0 Å². The maximum atomic E-state index is 13.3. The van der Waals surface area contributed by atoms with E-state index in [2.05, 4.69) is 13.8 Å². The van der Waals surface area contributed by atoms with Gasteiger partial charge in [-0.3, -0.25) is 0 Å². The first-order valence-electron chi connectivity index (χ1n) is 13.4. The summed E-state index contributed by atoms with van der Waals surface area (Å²) >= 11 is 0. The van der Waals surface area contributed by atoms with Crippen molar-refractivity contribution in [2.45, 2.75) is 103 Å². The molecule has 4 aliphatic carbocycles. The zero-order valence-electron chi connectivity index (χ0n) is 20.6. The summed E-state index contributed by atoms with van der Waals surface area (Å²) in [6.45, 7) is 6.74. The molecule has 184 valence electrons. The lowest BCUT2D eigenvalue weighted by Crippen LogP contribution is -2.57. The van der Waals surface area contributed by atoms with Crippen LogP contribution in [0.25, 0.3) is 0 Å². The van der Waals surface area contributed by atoms with Crippen LogP contribution in [0.5, 0.6) is 0 Å². The zero-order valence-corrected chi connectivity index (χ0v) is 20.6. The Labute approximate surface area is 198 Å². The van der Waals surface area contributed by atoms with Crippen LogP contribution in [0.1, 0.15) is 84.1 Å². The molecule has 4 saturated carbocycles. The van der Waals surface area contributed by atoms with Crippen LogP contribution in [0.15, 0.2) is 24.3 Å². The van der Waals surface area contributed by atoms with Crippen molar-refractivity contribution in [3.8, 4) is 0 Å². The highest BCUT2D eigenvalue weighted by atomic mass is 19.1. The number of benzene rings is 1. The minimum absolute atomic E-state index is 0.0474. The van der Waals surface area contributed by atoms with Crippen molar-refractivity contribution in [1.82, 2.24) is 0 Å². The van der Waals surface area contributed by atoms with Gasteiger partial charge in [0.2, 0.25) is 0 Å². The van der Waals surface area contributed by atoms with Crippen LogP contribution < -0.4 is 0 Å². The predicted molar refractivity (Wildman–Crippen MR) is 128 cm³/mol. The molecule has 0 heterocycles. The number of aliphatic hydroxyl groups excluding tert-OH is 2. The Morgan fingerprint density at radius 3 is 2.36 bits per heavy atom. The van der Waals surface area contributed by atoms with Crippen LogP contribution in [0.3, 0.4) is 0 Å². The van der Waals surface area contributed by atoms with Crippen molar-refractivity contribution in [2.75, 3.05) is 0 Å². The third-order valence-electron chi connectivity index (χ3n) is 11.4. The van der Waals surface area contributed by atoms with Gasteiger partial charge in [-0.2, -0.15) is 0 Å². The van der Waals surface area contributed by atoms with E-state index in [0.29, 0.717) is 29.6 Å². The van der Waals surface area contributed by atoms with Gasteiger partial charge in [0.1, 0.15) is 5.82 Å². The van der Waals surface area contributed by atoms with Crippen molar-refractivity contribution in [2.24, 2.45) is 40.4 Å². The number of hydrogen-bond acceptors (Lipinski definition) is 3. The third kappa shape index (κ3) is 3.79. The van der Waals surface area contributed by atoms with Crippen molar-refractivity contribution >= 4 is 0 Å². The molecule has 0 amide bonds. The molecule has 0 aliphatic heterocycles. The molecular weight excluding hydrogens is 415 g/mol. The fourth-order valence-electron chi connectivity index (χ4n) is 9.48. The van der Waals surface area contributed by atoms with E-state index in [1.165, 1.54) is 31.4 Å². The molecule has 0 saturated heterocycles. The lowest BCUT2D eigenvalue weighted by Gasteiger charge is -2.61. The van der Waals surface area contributed by atoms with E-state index in [1.807, 2.05) is 6.92 Å². The first-order chi connectivity index (χ1) is 15.6. The van der Waals surface area contributed by atoms with Crippen LogP contribution in [0.2, 0.25) is 0 Å². The highest BCUT2D eigenvalue weighted by Crippen LogP contribution is 2.68. The molecule has 3 N–H and O–H groups in total. The summed E-state index contributed by atoms with van der Waals surface area (Å²) in [7, 11) is 0. The standard InChI is InChI=1S/C29H43FO3/c1-27-14-12-21(31)17-19(27)6-9-22-23-10-11-25(28(23,2)15-13-24(22)27)29(3,33)26(32)16-18-4-7-20(30)8-5-18/h4-5,7-8,19,21-26,31-33H,6,9-17H2,1-3H3/t19-,21-,22-,23-,24-,25-,26-,27-,28-,29-/m0/s1. The second-order valence-electron chi connectivity index (χ2n) is 12.8. The highest BCUT2D eigenvalue weighted by molar-refractivity contribution is 5.19. The summed E-state index contributed by atoms with van der Waals surface area (Å²) in [5.74, 6) is 2.49. The highest BCUT2D eigenvalue weighted by Gasteiger charge is 2.63. The normalized spacial score (nSPS) is 45.4. The lowest BCUT2D eigenvalue weighted by molar-refractivity contribution is -0.165. The maximum absolute atomic E-state index is 13.3. The first-order valence-corrected chi connectivity index (χ1v) is 13.4. The van der Waals surface area contributed by atoms with Crippen molar-refractivity contribution in [3.05, 3.63) is 35.6 Å². The zero-order chi connectivity index (χ0) is 23.6. The SMILES string of the molecule is C[C@](O)([C@H]1CC[C@H]2[C@@H]3CC[C@H]4C[C@@H](O)CC[C@]4(C)[C@H]3CC[C@]12C)[C@@H](O)Cc1ccc(F)cc1. The Bertz CT molecular complexity index is 853. The number of halogens is 1. The summed E-state index contributed by atoms with van der Waals surface area (Å²) in [5, 5.41) is 33.1. The van der Waals surface area contributed by atoms with Gasteiger partial charge in [-0.15, -0.1) is 0 Å². The fourth-order valence-corrected chi connectivity index (χ4v) is 9.48. The fraction of sp³-hybridized carbons (Fsp3) is 0.793. The monoisotopic (exact) mass is 458 g/mol. The van der Waals surface area contributed by atoms with Gasteiger partial charge in [0.15, 0.2) is 0 Å². The van der Waals surface area contributed by atoms with Crippen molar-refractivity contribution in [3.63, 3.8) is 0 Å². The van der Waals surface area contributed by atoms with Crippen LogP contribution in [-0.4, -0.2) is 33.1 Å². The Morgan fingerprint density at radius 2 is 1.64 bits per heavy atom. The molecule has 10 atom stereocenters. The summed E-state index contributed by atoms with van der Waals surface area (Å²) in [5.41, 5.74) is 0.0944. The average molecular weight is 459 g/mol. The van der Waals surface area contributed by atoms with Crippen LogP contribution in [0.4, 0.5) is 4.39 Å². The van der Waals surface area contributed by atoms with Crippen LogP contribution >= 0.6 is 0 Å². The summed E-state index contributed by atoms with van der Waals surface area (Å²) in [4.78, 5) is 0. The Kier molecular flexibility index (Phi) is 5.98.